The molecule has 1 aromatic carbocycles. The normalized spacial score (nSPS) is 19.5. The van der Waals surface area contributed by atoms with E-state index in [2.05, 4.69) is 30.4 Å². The first-order valence-electron chi connectivity index (χ1n) is 5.51. The number of hydrogen-bond donors (Lipinski definition) is 1. The summed E-state index contributed by atoms with van der Waals surface area (Å²) in [7, 11) is 1.72. The predicted molar refractivity (Wildman–Crippen MR) is 60.8 cm³/mol. The third-order valence-corrected chi connectivity index (χ3v) is 3.33. The third kappa shape index (κ3) is 1.89. The van der Waals surface area contributed by atoms with Crippen LogP contribution in [0, 0.1) is 12.8 Å². The molecule has 1 aromatic rings. The number of hydrogen-bond acceptors (Lipinski definition) is 1. The summed E-state index contributed by atoms with van der Waals surface area (Å²) in [5.74, 6) is 0.353. The van der Waals surface area contributed by atoms with Crippen LogP contribution in [-0.2, 0) is 17.6 Å². The van der Waals surface area contributed by atoms with Crippen molar-refractivity contribution in [2.75, 3.05) is 7.05 Å². The van der Waals surface area contributed by atoms with Crippen LogP contribution in [0.4, 0.5) is 0 Å². The molecule has 1 unspecified atom stereocenters. The lowest BCUT2D eigenvalue weighted by Crippen LogP contribution is -2.31. The second-order valence-corrected chi connectivity index (χ2v) is 4.27. The molecular weight excluding hydrogens is 186 g/mol. The molecule has 1 N–H and O–H groups in total. The van der Waals surface area contributed by atoms with Crippen LogP contribution in [0.3, 0.4) is 0 Å². The Morgan fingerprint density at radius 3 is 3.00 bits per heavy atom. The zero-order valence-electron chi connectivity index (χ0n) is 9.34. The molecule has 0 saturated heterocycles. The monoisotopic (exact) mass is 203 g/mol. The van der Waals surface area contributed by atoms with E-state index in [1.165, 1.54) is 16.7 Å². The van der Waals surface area contributed by atoms with E-state index in [1.807, 2.05) is 0 Å². The molecule has 15 heavy (non-hydrogen) atoms. The molecule has 0 aromatic heterocycles. The van der Waals surface area contributed by atoms with Gasteiger partial charge in [-0.2, -0.15) is 0 Å². The molecule has 2 heteroatoms. The van der Waals surface area contributed by atoms with Crippen molar-refractivity contribution in [2.24, 2.45) is 5.92 Å². The molecule has 80 valence electrons. The minimum absolute atomic E-state index is 0.171. The number of nitrogens with one attached hydrogen (secondary N) is 1. The first-order chi connectivity index (χ1) is 7.22. The summed E-state index contributed by atoms with van der Waals surface area (Å²) in [5, 5.41) is 2.74. The van der Waals surface area contributed by atoms with Crippen molar-refractivity contribution in [1.29, 1.82) is 0 Å². The number of amides is 1. The Morgan fingerprint density at radius 2 is 2.27 bits per heavy atom. The lowest BCUT2D eigenvalue weighted by Gasteiger charge is -2.24. The van der Waals surface area contributed by atoms with Crippen LogP contribution < -0.4 is 5.32 Å². The van der Waals surface area contributed by atoms with E-state index >= 15 is 0 Å². The summed E-state index contributed by atoms with van der Waals surface area (Å²) < 4.78 is 0. The van der Waals surface area contributed by atoms with Gasteiger partial charge in [0.2, 0.25) is 5.91 Å². The van der Waals surface area contributed by atoms with Crippen molar-refractivity contribution < 1.29 is 4.79 Å². The van der Waals surface area contributed by atoms with Gasteiger partial charge >= 0.3 is 0 Å². The summed E-state index contributed by atoms with van der Waals surface area (Å²) in [4.78, 5) is 11.6. The Hall–Kier alpha value is -1.31. The second kappa shape index (κ2) is 4.05. The van der Waals surface area contributed by atoms with Crippen LogP contribution in [0.2, 0.25) is 0 Å². The highest BCUT2D eigenvalue weighted by atomic mass is 16.1. The topological polar surface area (TPSA) is 29.1 Å². The first-order valence-corrected chi connectivity index (χ1v) is 5.51. The SMILES string of the molecule is CNC(=O)C1CCc2c(C)cccc2C1. The van der Waals surface area contributed by atoms with Crippen LogP contribution in [0.15, 0.2) is 18.2 Å². The molecule has 2 nitrogen and oxygen atoms in total. The molecule has 0 spiro atoms. The molecule has 1 atom stereocenters. The highest BCUT2D eigenvalue weighted by Gasteiger charge is 2.24. The largest absolute Gasteiger partial charge is 0.359 e. The van der Waals surface area contributed by atoms with E-state index in [1.54, 1.807) is 7.05 Å². The smallest absolute Gasteiger partial charge is 0.223 e. The summed E-state index contributed by atoms with van der Waals surface area (Å²) >= 11 is 0. The van der Waals surface area contributed by atoms with Gasteiger partial charge in [0.1, 0.15) is 0 Å². The van der Waals surface area contributed by atoms with Gasteiger partial charge in [0.15, 0.2) is 0 Å². The molecular formula is C13H17NO. The maximum Gasteiger partial charge on any atom is 0.223 e. The van der Waals surface area contributed by atoms with Gasteiger partial charge in [0.05, 0.1) is 0 Å². The number of rotatable bonds is 1. The minimum Gasteiger partial charge on any atom is -0.359 e. The van der Waals surface area contributed by atoms with Crippen molar-refractivity contribution in [3.63, 3.8) is 0 Å². The molecule has 0 heterocycles. The Morgan fingerprint density at radius 1 is 1.47 bits per heavy atom. The lowest BCUT2D eigenvalue weighted by atomic mass is 9.82. The molecule has 0 saturated carbocycles. The maximum absolute atomic E-state index is 11.6. The number of carbonyl (C=O) groups is 1. The molecule has 0 aliphatic heterocycles. The maximum atomic E-state index is 11.6. The van der Waals surface area contributed by atoms with Crippen LogP contribution in [0.1, 0.15) is 23.1 Å². The quantitative estimate of drug-likeness (QED) is 0.741. The van der Waals surface area contributed by atoms with E-state index in [9.17, 15) is 4.79 Å². The highest BCUT2D eigenvalue weighted by molar-refractivity contribution is 5.79. The van der Waals surface area contributed by atoms with Gasteiger partial charge in [0.25, 0.3) is 0 Å². The zero-order valence-corrected chi connectivity index (χ0v) is 9.34. The van der Waals surface area contributed by atoms with Gasteiger partial charge in [-0.15, -0.1) is 0 Å². The molecule has 1 amide bonds. The summed E-state index contributed by atoms with van der Waals surface area (Å²) in [6.07, 6.45) is 2.92. The summed E-state index contributed by atoms with van der Waals surface area (Å²) in [5.41, 5.74) is 4.18. The van der Waals surface area contributed by atoms with E-state index in [0.29, 0.717) is 0 Å². The highest BCUT2D eigenvalue weighted by Crippen LogP contribution is 2.27. The number of aryl methyl sites for hydroxylation is 1. The summed E-state index contributed by atoms with van der Waals surface area (Å²) in [6.45, 7) is 2.15. The van der Waals surface area contributed by atoms with Gasteiger partial charge in [-0.1, -0.05) is 18.2 Å². The van der Waals surface area contributed by atoms with Crippen molar-refractivity contribution in [1.82, 2.24) is 5.32 Å². The Labute approximate surface area is 90.7 Å². The Bertz CT molecular complexity index is 384. The van der Waals surface area contributed by atoms with Gasteiger partial charge in [-0.25, -0.2) is 0 Å². The van der Waals surface area contributed by atoms with Crippen molar-refractivity contribution in [3.05, 3.63) is 34.9 Å². The zero-order chi connectivity index (χ0) is 10.8. The molecule has 0 radical (unpaired) electrons. The average molecular weight is 203 g/mol. The third-order valence-electron chi connectivity index (χ3n) is 3.33. The van der Waals surface area contributed by atoms with E-state index in [-0.39, 0.29) is 11.8 Å². The molecule has 1 aliphatic carbocycles. The van der Waals surface area contributed by atoms with Crippen molar-refractivity contribution in [3.8, 4) is 0 Å². The first kappa shape index (κ1) is 10.2. The van der Waals surface area contributed by atoms with Gasteiger partial charge in [-0.3, -0.25) is 4.79 Å². The Kier molecular flexibility index (Phi) is 2.76. The fourth-order valence-corrected chi connectivity index (χ4v) is 2.43. The standard InChI is InChI=1S/C13H17NO/c1-9-4-3-5-10-8-11(13(15)14-2)6-7-12(9)10/h3-5,11H,6-8H2,1-2H3,(H,14,15). The molecule has 2 rings (SSSR count). The van der Waals surface area contributed by atoms with Crippen LogP contribution in [-0.4, -0.2) is 13.0 Å². The minimum atomic E-state index is 0.171. The van der Waals surface area contributed by atoms with Gasteiger partial charge in [-0.05, 0) is 42.9 Å². The van der Waals surface area contributed by atoms with Gasteiger partial charge in [0, 0.05) is 13.0 Å². The van der Waals surface area contributed by atoms with Crippen LogP contribution in [0.25, 0.3) is 0 Å². The van der Waals surface area contributed by atoms with E-state index < -0.39 is 0 Å². The molecule has 1 aliphatic rings. The van der Waals surface area contributed by atoms with E-state index in [4.69, 9.17) is 0 Å². The predicted octanol–water partition coefficient (Wildman–Crippen LogP) is 1.85. The molecule has 0 bridgehead atoms. The van der Waals surface area contributed by atoms with Gasteiger partial charge < -0.3 is 5.32 Å². The van der Waals surface area contributed by atoms with Crippen molar-refractivity contribution in [2.45, 2.75) is 26.2 Å². The lowest BCUT2D eigenvalue weighted by molar-refractivity contribution is -0.124. The van der Waals surface area contributed by atoms with E-state index in [0.717, 1.165) is 19.3 Å². The fourth-order valence-electron chi connectivity index (χ4n) is 2.43. The van der Waals surface area contributed by atoms with Crippen LogP contribution in [0.5, 0.6) is 0 Å². The molecule has 0 fully saturated rings. The number of fused-ring (bicyclic) bond motifs is 1. The fraction of sp³-hybridized carbons (Fsp3) is 0.462. The summed E-state index contributed by atoms with van der Waals surface area (Å²) in [6, 6.07) is 6.39. The number of carbonyl (C=O) groups excluding carboxylic acids is 1. The van der Waals surface area contributed by atoms with Crippen LogP contribution >= 0.6 is 0 Å². The number of benzene rings is 1. The van der Waals surface area contributed by atoms with Crippen molar-refractivity contribution >= 4 is 5.91 Å². The average Bonchev–Trinajstić information content (AvgIpc) is 2.28. The Balaban J connectivity index is 2.24. The second-order valence-electron chi connectivity index (χ2n) is 4.27.